The monoisotopic (exact) mass is 330 g/mol. The molecule has 1 N–H and O–H groups in total. The summed E-state index contributed by atoms with van der Waals surface area (Å²) < 4.78 is 0. The fourth-order valence-electron chi connectivity index (χ4n) is 7.79. The van der Waals surface area contributed by atoms with Gasteiger partial charge < -0.3 is 5.11 Å². The predicted octanol–water partition coefficient (Wildman–Crippen LogP) is 4.76. The molecule has 0 spiro atoms. The van der Waals surface area contributed by atoms with Crippen LogP contribution in [0.5, 0.6) is 0 Å². The fourth-order valence-corrected chi connectivity index (χ4v) is 7.79. The maximum absolute atomic E-state index is 12.0. The van der Waals surface area contributed by atoms with Gasteiger partial charge in [0.25, 0.3) is 0 Å². The highest BCUT2D eigenvalue weighted by atomic mass is 16.3. The molecule has 0 aliphatic heterocycles. The summed E-state index contributed by atoms with van der Waals surface area (Å²) >= 11 is 0. The van der Waals surface area contributed by atoms with Gasteiger partial charge in [0.1, 0.15) is 0 Å². The first-order valence-electron chi connectivity index (χ1n) is 10.2. The van der Waals surface area contributed by atoms with E-state index in [1.54, 1.807) is 0 Å². The van der Waals surface area contributed by atoms with Gasteiger partial charge in [0.15, 0.2) is 5.78 Å². The van der Waals surface area contributed by atoms with Gasteiger partial charge in [-0.2, -0.15) is 0 Å². The lowest BCUT2D eigenvalue weighted by atomic mass is 9.43. The second kappa shape index (κ2) is 5.19. The van der Waals surface area contributed by atoms with E-state index in [4.69, 9.17) is 0 Å². The number of carbonyl (C=O) groups excluding carboxylic acids is 1. The van der Waals surface area contributed by atoms with Crippen LogP contribution < -0.4 is 0 Å². The lowest BCUT2D eigenvalue weighted by molar-refractivity contribution is -0.150. The van der Waals surface area contributed by atoms with Gasteiger partial charge in [-0.15, -0.1) is 0 Å². The molecule has 2 nitrogen and oxygen atoms in total. The van der Waals surface area contributed by atoms with E-state index in [2.05, 4.69) is 33.8 Å². The third kappa shape index (κ3) is 1.95. The van der Waals surface area contributed by atoms with Crippen LogP contribution in [0.15, 0.2) is 12.2 Å². The van der Waals surface area contributed by atoms with E-state index >= 15 is 0 Å². The SMILES string of the molecule is CC[C@]1(O)CC[C@H]2[C@@H]3C[C@@H](C)[C@H]4CC(=O)C=C[C@]4(C)[C@H]3CC[C@@]21C. The number of carbonyl (C=O) groups is 1. The Labute approximate surface area is 147 Å². The highest BCUT2D eigenvalue weighted by Crippen LogP contribution is 2.68. The first kappa shape index (κ1) is 16.8. The Balaban J connectivity index is 1.72. The number of hydrogen-bond acceptors (Lipinski definition) is 2. The van der Waals surface area contributed by atoms with Crippen LogP contribution in [0, 0.1) is 40.4 Å². The number of allylic oxidation sites excluding steroid dienone is 2. The molecule has 0 aromatic heterocycles. The van der Waals surface area contributed by atoms with Gasteiger partial charge in [0.05, 0.1) is 5.60 Å². The maximum Gasteiger partial charge on any atom is 0.155 e. The zero-order chi connectivity index (χ0) is 17.3. The van der Waals surface area contributed by atoms with E-state index in [1.807, 2.05) is 6.08 Å². The first-order valence-corrected chi connectivity index (χ1v) is 10.2. The van der Waals surface area contributed by atoms with E-state index in [9.17, 15) is 9.90 Å². The minimum atomic E-state index is -0.456. The average Bonchev–Trinajstić information content (AvgIpc) is 2.82. The van der Waals surface area contributed by atoms with Gasteiger partial charge in [-0.3, -0.25) is 4.79 Å². The Hall–Kier alpha value is -0.630. The Kier molecular flexibility index (Phi) is 3.64. The molecule has 0 aromatic rings. The third-order valence-electron chi connectivity index (χ3n) is 9.32. The second-order valence-electron chi connectivity index (χ2n) is 9.95. The molecule has 0 heterocycles. The van der Waals surface area contributed by atoms with E-state index < -0.39 is 5.60 Å². The van der Waals surface area contributed by atoms with Crippen molar-refractivity contribution >= 4 is 5.78 Å². The summed E-state index contributed by atoms with van der Waals surface area (Å²) in [6, 6.07) is 0. The molecule has 4 rings (SSSR count). The first-order chi connectivity index (χ1) is 11.2. The Morgan fingerprint density at radius 2 is 1.88 bits per heavy atom. The van der Waals surface area contributed by atoms with Gasteiger partial charge in [0, 0.05) is 6.42 Å². The van der Waals surface area contributed by atoms with E-state index in [0.717, 1.165) is 31.6 Å². The van der Waals surface area contributed by atoms with Crippen LogP contribution in [-0.4, -0.2) is 16.5 Å². The molecule has 0 unspecified atom stereocenters. The highest BCUT2D eigenvalue weighted by Gasteiger charge is 2.64. The molecular weight excluding hydrogens is 296 g/mol. The summed E-state index contributed by atoms with van der Waals surface area (Å²) in [4.78, 5) is 12.0. The van der Waals surface area contributed by atoms with Crippen LogP contribution in [0.4, 0.5) is 0 Å². The van der Waals surface area contributed by atoms with Crippen molar-refractivity contribution in [2.75, 3.05) is 0 Å². The molecule has 2 heteroatoms. The van der Waals surface area contributed by atoms with Crippen molar-refractivity contribution in [2.45, 2.75) is 78.2 Å². The molecule has 0 aromatic carbocycles. The molecule has 8 atom stereocenters. The van der Waals surface area contributed by atoms with Crippen LogP contribution in [0.3, 0.4) is 0 Å². The van der Waals surface area contributed by atoms with E-state index in [0.29, 0.717) is 29.5 Å². The quantitative estimate of drug-likeness (QED) is 0.752. The molecule has 134 valence electrons. The molecule has 0 amide bonds. The van der Waals surface area contributed by atoms with Crippen molar-refractivity contribution in [1.82, 2.24) is 0 Å². The molecule has 0 bridgehead atoms. The lowest BCUT2D eigenvalue weighted by Gasteiger charge is -2.61. The number of hydrogen-bond donors (Lipinski definition) is 1. The molecule has 3 fully saturated rings. The second-order valence-corrected chi connectivity index (χ2v) is 9.95. The number of fused-ring (bicyclic) bond motifs is 5. The van der Waals surface area contributed by atoms with Gasteiger partial charge in [-0.05, 0) is 85.0 Å². The summed E-state index contributed by atoms with van der Waals surface area (Å²) in [5, 5.41) is 11.3. The van der Waals surface area contributed by atoms with Crippen molar-refractivity contribution in [3.63, 3.8) is 0 Å². The number of aliphatic hydroxyl groups is 1. The lowest BCUT2D eigenvalue weighted by Crippen LogP contribution is -2.57. The molecule has 3 saturated carbocycles. The maximum atomic E-state index is 12.0. The topological polar surface area (TPSA) is 37.3 Å². The van der Waals surface area contributed by atoms with Crippen LogP contribution in [0.25, 0.3) is 0 Å². The van der Waals surface area contributed by atoms with Crippen LogP contribution in [-0.2, 0) is 4.79 Å². The molecule has 0 saturated heterocycles. The van der Waals surface area contributed by atoms with E-state index in [1.165, 1.54) is 19.3 Å². The summed E-state index contributed by atoms with van der Waals surface area (Å²) in [6.07, 6.45) is 11.6. The Morgan fingerprint density at radius 3 is 2.58 bits per heavy atom. The van der Waals surface area contributed by atoms with Crippen molar-refractivity contribution < 1.29 is 9.90 Å². The standard InChI is InChI=1S/C22H34O2/c1-5-22(24)11-8-18-16-12-14(2)19-13-15(23)6-9-20(19,3)17(16)7-10-21(18,22)4/h6,9,14,16-19,24H,5,7-8,10-13H2,1-4H3/t14-,16-,17+,18+,19-,20-,21+,22+/m1/s1. The summed E-state index contributed by atoms with van der Waals surface area (Å²) in [5.74, 6) is 3.53. The van der Waals surface area contributed by atoms with Crippen LogP contribution in [0.2, 0.25) is 0 Å². The third-order valence-corrected chi connectivity index (χ3v) is 9.32. The number of rotatable bonds is 1. The number of ketones is 1. The molecule has 24 heavy (non-hydrogen) atoms. The van der Waals surface area contributed by atoms with Crippen molar-refractivity contribution in [1.29, 1.82) is 0 Å². The molecular formula is C22H34O2. The van der Waals surface area contributed by atoms with Gasteiger partial charge in [0.2, 0.25) is 0 Å². The predicted molar refractivity (Wildman–Crippen MR) is 96.4 cm³/mol. The Bertz CT molecular complexity index is 581. The normalized spacial score (nSPS) is 56.5. The van der Waals surface area contributed by atoms with Gasteiger partial charge in [-0.25, -0.2) is 0 Å². The van der Waals surface area contributed by atoms with Crippen LogP contribution in [0.1, 0.15) is 72.6 Å². The molecule has 0 radical (unpaired) electrons. The largest absolute Gasteiger partial charge is 0.389 e. The smallest absolute Gasteiger partial charge is 0.155 e. The van der Waals surface area contributed by atoms with Crippen molar-refractivity contribution in [3.05, 3.63) is 12.2 Å². The zero-order valence-corrected chi connectivity index (χ0v) is 15.8. The van der Waals surface area contributed by atoms with Crippen molar-refractivity contribution in [2.24, 2.45) is 40.4 Å². The zero-order valence-electron chi connectivity index (χ0n) is 15.8. The van der Waals surface area contributed by atoms with E-state index in [-0.39, 0.29) is 10.8 Å². The highest BCUT2D eigenvalue weighted by molar-refractivity contribution is 5.91. The molecule has 4 aliphatic rings. The van der Waals surface area contributed by atoms with Gasteiger partial charge in [-0.1, -0.05) is 33.8 Å². The summed E-state index contributed by atoms with van der Waals surface area (Å²) in [6.45, 7) is 9.34. The Morgan fingerprint density at radius 1 is 1.17 bits per heavy atom. The fraction of sp³-hybridized carbons (Fsp3) is 0.864. The summed E-state index contributed by atoms with van der Waals surface area (Å²) in [7, 11) is 0. The minimum Gasteiger partial charge on any atom is -0.389 e. The van der Waals surface area contributed by atoms with Crippen molar-refractivity contribution in [3.8, 4) is 0 Å². The van der Waals surface area contributed by atoms with Gasteiger partial charge >= 0.3 is 0 Å². The average molecular weight is 331 g/mol. The van der Waals surface area contributed by atoms with Crippen LogP contribution >= 0.6 is 0 Å². The molecule has 4 aliphatic carbocycles. The minimum absolute atomic E-state index is 0.0973. The summed E-state index contributed by atoms with van der Waals surface area (Å²) in [5.41, 5.74) is -0.174.